The predicted molar refractivity (Wildman–Crippen MR) is 94.8 cm³/mol. The van der Waals surface area contributed by atoms with E-state index < -0.39 is 5.92 Å². The lowest BCUT2D eigenvalue weighted by molar-refractivity contribution is -0.148. The van der Waals surface area contributed by atoms with Crippen LogP contribution in [0.15, 0.2) is 29.6 Å². The van der Waals surface area contributed by atoms with Crippen molar-refractivity contribution in [2.75, 3.05) is 20.8 Å². The molecule has 1 aromatic carbocycles. The Balaban J connectivity index is 2.13. The SMILES string of the molecule is CCOC(=O)[C@@H]1CC(=O)c2sccc2[C@H]1c1cc(OC)cc(OC)c1. The van der Waals surface area contributed by atoms with E-state index in [2.05, 4.69) is 0 Å². The van der Waals surface area contributed by atoms with Crippen molar-refractivity contribution in [2.24, 2.45) is 5.92 Å². The molecule has 0 saturated carbocycles. The fraction of sp³-hybridized carbons (Fsp3) is 0.368. The fourth-order valence-electron chi connectivity index (χ4n) is 3.31. The van der Waals surface area contributed by atoms with Crippen LogP contribution in [0.4, 0.5) is 0 Å². The van der Waals surface area contributed by atoms with Gasteiger partial charge in [-0.3, -0.25) is 9.59 Å². The minimum absolute atomic E-state index is 0.00540. The summed E-state index contributed by atoms with van der Waals surface area (Å²) in [6.45, 7) is 2.05. The van der Waals surface area contributed by atoms with E-state index in [1.165, 1.54) is 11.3 Å². The van der Waals surface area contributed by atoms with Crippen LogP contribution in [0.3, 0.4) is 0 Å². The molecule has 0 unspecified atom stereocenters. The van der Waals surface area contributed by atoms with Gasteiger partial charge in [-0.2, -0.15) is 0 Å². The molecule has 0 aliphatic heterocycles. The van der Waals surface area contributed by atoms with Crippen LogP contribution in [-0.2, 0) is 9.53 Å². The van der Waals surface area contributed by atoms with Crippen LogP contribution in [-0.4, -0.2) is 32.6 Å². The highest BCUT2D eigenvalue weighted by Gasteiger charge is 2.41. The highest BCUT2D eigenvalue weighted by molar-refractivity contribution is 7.12. The van der Waals surface area contributed by atoms with Crippen molar-refractivity contribution in [3.8, 4) is 11.5 Å². The van der Waals surface area contributed by atoms with E-state index >= 15 is 0 Å². The lowest BCUT2D eigenvalue weighted by atomic mass is 9.74. The molecule has 0 radical (unpaired) electrons. The van der Waals surface area contributed by atoms with E-state index in [9.17, 15) is 9.59 Å². The first-order chi connectivity index (χ1) is 12.1. The standard InChI is InChI=1S/C19H20O5S/c1-4-24-19(21)15-10-16(20)18-14(5-6-25-18)17(15)11-7-12(22-2)9-13(8-11)23-3/h5-9,15,17H,4,10H2,1-3H3/t15-,17-/m1/s1. The van der Waals surface area contributed by atoms with Gasteiger partial charge in [-0.15, -0.1) is 11.3 Å². The number of thiophene rings is 1. The zero-order valence-electron chi connectivity index (χ0n) is 14.4. The first-order valence-electron chi connectivity index (χ1n) is 8.09. The number of ketones is 1. The molecule has 0 spiro atoms. The Labute approximate surface area is 150 Å². The number of esters is 1. The van der Waals surface area contributed by atoms with Gasteiger partial charge in [0.15, 0.2) is 5.78 Å². The average molecular weight is 360 g/mol. The molecule has 0 saturated heterocycles. The summed E-state index contributed by atoms with van der Waals surface area (Å²) in [7, 11) is 3.17. The molecule has 132 valence electrons. The summed E-state index contributed by atoms with van der Waals surface area (Å²) in [5.41, 5.74) is 1.75. The van der Waals surface area contributed by atoms with Crippen molar-refractivity contribution in [1.29, 1.82) is 0 Å². The van der Waals surface area contributed by atoms with Crippen molar-refractivity contribution in [2.45, 2.75) is 19.3 Å². The summed E-state index contributed by atoms with van der Waals surface area (Å²) in [6.07, 6.45) is 0.149. The van der Waals surface area contributed by atoms with Gasteiger partial charge < -0.3 is 14.2 Å². The van der Waals surface area contributed by atoms with Gasteiger partial charge in [-0.1, -0.05) is 0 Å². The molecule has 1 heterocycles. The molecule has 2 aromatic rings. The summed E-state index contributed by atoms with van der Waals surface area (Å²) < 4.78 is 16.0. The average Bonchev–Trinajstić information content (AvgIpc) is 3.11. The third kappa shape index (κ3) is 3.26. The van der Waals surface area contributed by atoms with Crippen molar-refractivity contribution in [1.82, 2.24) is 0 Å². The Morgan fingerprint density at radius 3 is 2.48 bits per heavy atom. The zero-order chi connectivity index (χ0) is 18.0. The van der Waals surface area contributed by atoms with Gasteiger partial charge in [-0.25, -0.2) is 0 Å². The number of benzene rings is 1. The molecule has 6 heteroatoms. The Bertz CT molecular complexity index is 773. The number of rotatable bonds is 5. The normalized spacial score (nSPS) is 19.2. The van der Waals surface area contributed by atoms with E-state index in [-0.39, 0.29) is 30.7 Å². The summed E-state index contributed by atoms with van der Waals surface area (Å²) in [5, 5.41) is 1.89. The molecule has 0 bridgehead atoms. The molecule has 2 atom stereocenters. The third-order valence-electron chi connectivity index (χ3n) is 4.41. The maximum atomic E-state index is 12.5. The quantitative estimate of drug-likeness (QED) is 0.762. The molecule has 25 heavy (non-hydrogen) atoms. The first kappa shape index (κ1) is 17.5. The van der Waals surface area contributed by atoms with E-state index in [1.807, 2.05) is 23.6 Å². The minimum atomic E-state index is -0.550. The maximum absolute atomic E-state index is 12.5. The van der Waals surface area contributed by atoms with E-state index in [0.717, 1.165) is 11.1 Å². The monoisotopic (exact) mass is 360 g/mol. The number of hydrogen-bond acceptors (Lipinski definition) is 6. The predicted octanol–water partition coefficient (Wildman–Crippen LogP) is 3.66. The number of carbonyl (C=O) groups is 2. The van der Waals surface area contributed by atoms with Crippen LogP contribution in [0.1, 0.15) is 40.1 Å². The van der Waals surface area contributed by atoms with Crippen molar-refractivity contribution in [3.05, 3.63) is 45.6 Å². The van der Waals surface area contributed by atoms with E-state index in [4.69, 9.17) is 14.2 Å². The van der Waals surface area contributed by atoms with Crippen LogP contribution < -0.4 is 9.47 Å². The largest absolute Gasteiger partial charge is 0.497 e. The Kier molecular flexibility index (Phi) is 5.08. The number of methoxy groups -OCH3 is 2. The molecular formula is C19H20O5S. The maximum Gasteiger partial charge on any atom is 0.310 e. The Hall–Kier alpha value is -2.34. The van der Waals surface area contributed by atoms with Crippen LogP contribution in [0, 0.1) is 5.92 Å². The molecule has 0 fully saturated rings. The molecule has 1 aliphatic carbocycles. The number of carbonyl (C=O) groups excluding carboxylic acids is 2. The second kappa shape index (κ2) is 7.27. The van der Waals surface area contributed by atoms with Crippen molar-refractivity contribution >= 4 is 23.1 Å². The number of fused-ring (bicyclic) bond motifs is 1. The van der Waals surface area contributed by atoms with E-state index in [1.54, 1.807) is 27.2 Å². The molecule has 1 aliphatic rings. The van der Waals surface area contributed by atoms with Crippen LogP contribution in [0.5, 0.6) is 11.5 Å². The highest BCUT2D eigenvalue weighted by Crippen LogP contribution is 2.45. The Morgan fingerprint density at radius 2 is 1.88 bits per heavy atom. The van der Waals surface area contributed by atoms with Gasteiger partial charge in [0.1, 0.15) is 11.5 Å². The summed E-state index contributed by atoms with van der Waals surface area (Å²) >= 11 is 1.41. The zero-order valence-corrected chi connectivity index (χ0v) is 15.2. The van der Waals surface area contributed by atoms with Gasteiger partial charge >= 0.3 is 5.97 Å². The highest BCUT2D eigenvalue weighted by atomic mass is 32.1. The second-order valence-corrected chi connectivity index (χ2v) is 6.73. The van der Waals surface area contributed by atoms with Gasteiger partial charge in [0.25, 0.3) is 0 Å². The van der Waals surface area contributed by atoms with Crippen molar-refractivity contribution < 1.29 is 23.8 Å². The van der Waals surface area contributed by atoms with Gasteiger partial charge in [-0.05, 0) is 41.6 Å². The van der Waals surface area contributed by atoms with Gasteiger partial charge in [0.05, 0.1) is 31.6 Å². The van der Waals surface area contributed by atoms with Gasteiger partial charge in [0.2, 0.25) is 0 Å². The van der Waals surface area contributed by atoms with Crippen LogP contribution in [0.25, 0.3) is 0 Å². The smallest absolute Gasteiger partial charge is 0.310 e. The fourth-order valence-corrected chi connectivity index (χ4v) is 4.20. The number of Topliss-reactive ketones (excluding diaryl/α,β-unsaturated/α-hetero) is 1. The molecule has 5 nitrogen and oxygen atoms in total. The lowest BCUT2D eigenvalue weighted by Gasteiger charge is -2.30. The molecule has 1 aromatic heterocycles. The lowest BCUT2D eigenvalue weighted by Crippen LogP contribution is -2.32. The topological polar surface area (TPSA) is 61.8 Å². The van der Waals surface area contributed by atoms with Crippen molar-refractivity contribution in [3.63, 3.8) is 0 Å². The molecule has 0 amide bonds. The minimum Gasteiger partial charge on any atom is -0.497 e. The number of hydrogen-bond donors (Lipinski definition) is 0. The first-order valence-corrected chi connectivity index (χ1v) is 8.97. The van der Waals surface area contributed by atoms with Crippen LogP contribution >= 0.6 is 11.3 Å². The van der Waals surface area contributed by atoms with Crippen LogP contribution in [0.2, 0.25) is 0 Å². The third-order valence-corrected chi connectivity index (χ3v) is 5.39. The summed E-state index contributed by atoms with van der Waals surface area (Å²) in [6, 6.07) is 7.47. The second-order valence-electron chi connectivity index (χ2n) is 5.81. The molecule has 3 rings (SSSR count). The number of ether oxygens (including phenoxy) is 3. The van der Waals surface area contributed by atoms with Gasteiger partial charge in [0, 0.05) is 18.4 Å². The molecule has 0 N–H and O–H groups in total. The molecular weight excluding hydrogens is 340 g/mol. The summed E-state index contributed by atoms with van der Waals surface area (Å²) in [5.74, 6) is 0.123. The summed E-state index contributed by atoms with van der Waals surface area (Å²) in [4.78, 5) is 25.7. The van der Waals surface area contributed by atoms with E-state index in [0.29, 0.717) is 16.4 Å². The Morgan fingerprint density at radius 1 is 1.20 bits per heavy atom.